The average Bonchev–Trinajstić information content (AvgIpc) is 3.44. The normalized spacial score (nSPS) is 11.2. The molecule has 32 heavy (non-hydrogen) atoms. The van der Waals surface area contributed by atoms with Gasteiger partial charge in [0.2, 0.25) is 11.7 Å². The van der Waals surface area contributed by atoms with Crippen molar-refractivity contribution >= 4 is 22.6 Å². The summed E-state index contributed by atoms with van der Waals surface area (Å²) in [4.78, 5) is 15.7. The van der Waals surface area contributed by atoms with Crippen molar-refractivity contribution in [2.24, 2.45) is 0 Å². The highest BCUT2D eigenvalue weighted by molar-refractivity contribution is 6.32. The molecular formula is C22H17ClN6O3. The number of rotatable bonds is 6. The maximum Gasteiger partial charge on any atom is 0.259 e. The molecule has 160 valence electrons. The first kappa shape index (κ1) is 20.0. The van der Waals surface area contributed by atoms with Crippen LogP contribution in [-0.4, -0.2) is 36.4 Å². The second kappa shape index (κ2) is 8.27. The van der Waals surface area contributed by atoms with E-state index in [-0.39, 0.29) is 6.10 Å². The molecule has 0 aliphatic carbocycles. The standard InChI is InChI=1S/C22H17ClN6O3/c1-13(2)30-19-9-7-14(11-16(19)23)21-25-22(31-27-21)15-8-10-20(24-12-15)32-29-18-6-4-3-5-17(18)26-28-29/h3-13H,1-2H3. The van der Waals surface area contributed by atoms with Crippen LogP contribution in [0.25, 0.3) is 33.9 Å². The van der Waals surface area contributed by atoms with Crippen LogP contribution in [0.3, 0.4) is 0 Å². The number of hydrogen-bond acceptors (Lipinski definition) is 8. The molecule has 5 rings (SSSR count). The number of hydrogen-bond donors (Lipinski definition) is 0. The largest absolute Gasteiger partial charge is 0.489 e. The van der Waals surface area contributed by atoms with Crippen molar-refractivity contribution in [3.05, 3.63) is 65.8 Å². The third-order valence-corrected chi connectivity index (χ3v) is 4.76. The minimum absolute atomic E-state index is 0.0258. The molecule has 0 bridgehead atoms. The molecule has 0 spiro atoms. The molecule has 3 aromatic heterocycles. The van der Waals surface area contributed by atoms with Crippen LogP contribution in [0.1, 0.15) is 13.8 Å². The maximum absolute atomic E-state index is 6.31. The van der Waals surface area contributed by atoms with Gasteiger partial charge in [0, 0.05) is 17.8 Å². The Bertz CT molecular complexity index is 1380. The molecule has 0 fully saturated rings. The molecule has 0 aliphatic rings. The fraction of sp³-hybridized carbons (Fsp3) is 0.136. The van der Waals surface area contributed by atoms with Gasteiger partial charge in [0.05, 0.1) is 16.7 Å². The van der Waals surface area contributed by atoms with Gasteiger partial charge >= 0.3 is 0 Å². The Hall–Kier alpha value is -3.98. The monoisotopic (exact) mass is 448 g/mol. The summed E-state index contributed by atoms with van der Waals surface area (Å²) >= 11 is 6.31. The summed E-state index contributed by atoms with van der Waals surface area (Å²) in [5.74, 6) is 1.68. The lowest BCUT2D eigenvalue weighted by Crippen LogP contribution is -2.08. The molecule has 9 nitrogen and oxygen atoms in total. The van der Waals surface area contributed by atoms with E-state index in [0.29, 0.717) is 39.5 Å². The molecule has 0 saturated carbocycles. The number of halogens is 1. The highest BCUT2D eigenvalue weighted by Gasteiger charge is 2.14. The molecule has 0 unspecified atom stereocenters. The van der Waals surface area contributed by atoms with Gasteiger partial charge in [-0.05, 0) is 55.5 Å². The number of aromatic nitrogens is 6. The van der Waals surface area contributed by atoms with Gasteiger partial charge in [-0.1, -0.05) is 33.7 Å². The Morgan fingerprint density at radius 2 is 1.88 bits per heavy atom. The van der Waals surface area contributed by atoms with Crippen molar-refractivity contribution in [3.8, 4) is 34.5 Å². The van der Waals surface area contributed by atoms with Gasteiger partial charge < -0.3 is 14.1 Å². The average molecular weight is 449 g/mol. The second-order valence-electron chi connectivity index (χ2n) is 7.16. The smallest absolute Gasteiger partial charge is 0.259 e. The van der Waals surface area contributed by atoms with Gasteiger partial charge in [-0.15, -0.1) is 5.10 Å². The zero-order valence-electron chi connectivity index (χ0n) is 17.1. The third kappa shape index (κ3) is 3.97. The Balaban J connectivity index is 1.34. The van der Waals surface area contributed by atoms with E-state index in [1.54, 1.807) is 30.5 Å². The highest BCUT2D eigenvalue weighted by atomic mass is 35.5. The maximum atomic E-state index is 6.31. The van der Waals surface area contributed by atoms with Crippen molar-refractivity contribution in [2.45, 2.75) is 20.0 Å². The van der Waals surface area contributed by atoms with E-state index in [1.165, 1.54) is 4.85 Å². The number of nitrogens with zero attached hydrogens (tertiary/aromatic N) is 6. The van der Waals surface area contributed by atoms with Gasteiger partial charge in [0.1, 0.15) is 16.8 Å². The van der Waals surface area contributed by atoms with Gasteiger partial charge in [-0.3, -0.25) is 0 Å². The first-order valence-corrected chi connectivity index (χ1v) is 10.2. The van der Waals surface area contributed by atoms with E-state index in [1.807, 2.05) is 44.2 Å². The fourth-order valence-corrected chi connectivity index (χ4v) is 3.24. The Morgan fingerprint density at radius 1 is 1.03 bits per heavy atom. The summed E-state index contributed by atoms with van der Waals surface area (Å²) in [5, 5.41) is 12.6. The number of ether oxygens (including phenoxy) is 1. The summed E-state index contributed by atoms with van der Waals surface area (Å²) in [6, 6.07) is 16.3. The van der Waals surface area contributed by atoms with Crippen LogP contribution in [0, 0.1) is 0 Å². The van der Waals surface area contributed by atoms with Crippen molar-refractivity contribution in [2.75, 3.05) is 0 Å². The summed E-state index contributed by atoms with van der Waals surface area (Å²) < 4.78 is 11.1. The van der Waals surface area contributed by atoms with Crippen LogP contribution in [0.5, 0.6) is 11.6 Å². The molecule has 0 atom stereocenters. The topological polar surface area (TPSA) is 101 Å². The lowest BCUT2D eigenvalue weighted by Gasteiger charge is -2.11. The van der Waals surface area contributed by atoms with Gasteiger partial charge in [0.15, 0.2) is 0 Å². The van der Waals surface area contributed by atoms with Crippen LogP contribution in [0.4, 0.5) is 0 Å². The lowest BCUT2D eigenvalue weighted by molar-refractivity contribution is 0.176. The quantitative estimate of drug-likeness (QED) is 0.364. The summed E-state index contributed by atoms with van der Waals surface area (Å²) in [6.45, 7) is 3.88. The minimum Gasteiger partial charge on any atom is -0.489 e. The predicted octanol–water partition coefficient (Wildman–Crippen LogP) is 4.83. The van der Waals surface area contributed by atoms with Crippen LogP contribution >= 0.6 is 11.6 Å². The number of para-hydroxylation sites is 1. The first-order chi connectivity index (χ1) is 15.6. The molecular weight excluding hydrogens is 432 g/mol. The van der Waals surface area contributed by atoms with Crippen LogP contribution < -0.4 is 9.57 Å². The molecule has 10 heteroatoms. The van der Waals surface area contributed by atoms with E-state index < -0.39 is 0 Å². The van der Waals surface area contributed by atoms with Gasteiger partial charge in [0.25, 0.3) is 5.89 Å². The lowest BCUT2D eigenvalue weighted by atomic mass is 10.2. The molecule has 0 aliphatic heterocycles. The minimum atomic E-state index is 0.0258. The van der Waals surface area contributed by atoms with Gasteiger partial charge in [-0.2, -0.15) is 4.98 Å². The summed E-state index contributed by atoms with van der Waals surface area (Å²) in [7, 11) is 0. The van der Waals surface area contributed by atoms with Crippen molar-refractivity contribution in [1.82, 2.24) is 30.3 Å². The second-order valence-corrected chi connectivity index (χ2v) is 7.57. The summed E-state index contributed by atoms with van der Waals surface area (Å²) in [5.41, 5.74) is 2.83. The first-order valence-electron chi connectivity index (χ1n) is 9.82. The van der Waals surface area contributed by atoms with Crippen LogP contribution in [0.15, 0.2) is 65.3 Å². The Kier molecular flexibility index (Phi) is 5.16. The zero-order valence-corrected chi connectivity index (χ0v) is 17.9. The van der Waals surface area contributed by atoms with E-state index in [2.05, 4.69) is 25.4 Å². The zero-order chi connectivity index (χ0) is 22.1. The molecule has 0 N–H and O–H groups in total. The van der Waals surface area contributed by atoms with Crippen LogP contribution in [-0.2, 0) is 0 Å². The molecule has 0 amide bonds. The van der Waals surface area contributed by atoms with E-state index in [0.717, 1.165) is 11.0 Å². The van der Waals surface area contributed by atoms with E-state index >= 15 is 0 Å². The van der Waals surface area contributed by atoms with Crippen molar-refractivity contribution < 1.29 is 14.1 Å². The SMILES string of the molecule is CC(C)Oc1ccc(-c2noc(-c3ccc(On4nnc5ccccc54)nc3)n2)cc1Cl. The van der Waals surface area contributed by atoms with E-state index in [4.69, 9.17) is 25.7 Å². The third-order valence-electron chi connectivity index (χ3n) is 4.46. The van der Waals surface area contributed by atoms with Crippen molar-refractivity contribution in [3.63, 3.8) is 0 Å². The predicted molar refractivity (Wildman–Crippen MR) is 117 cm³/mol. The molecule has 0 radical (unpaired) electrons. The molecule has 2 aromatic carbocycles. The summed E-state index contributed by atoms with van der Waals surface area (Å²) in [6.07, 6.45) is 1.61. The highest BCUT2D eigenvalue weighted by Crippen LogP contribution is 2.31. The number of benzene rings is 2. The Morgan fingerprint density at radius 3 is 2.66 bits per heavy atom. The molecule has 0 saturated heterocycles. The van der Waals surface area contributed by atoms with Crippen molar-refractivity contribution in [1.29, 1.82) is 0 Å². The van der Waals surface area contributed by atoms with Crippen LogP contribution in [0.2, 0.25) is 5.02 Å². The fourth-order valence-electron chi connectivity index (χ4n) is 3.01. The molecule has 5 aromatic rings. The number of fused-ring (bicyclic) bond motifs is 1. The van der Waals surface area contributed by atoms with E-state index in [9.17, 15) is 0 Å². The van der Waals surface area contributed by atoms with Gasteiger partial charge in [-0.25, -0.2) is 4.98 Å². The Labute approximate surface area is 187 Å². The number of pyridine rings is 1. The molecule has 3 heterocycles.